The second-order valence-corrected chi connectivity index (χ2v) is 5.17. The highest BCUT2D eigenvalue weighted by Gasteiger charge is 2.23. The van der Waals surface area contributed by atoms with Crippen molar-refractivity contribution in [2.24, 2.45) is 0 Å². The van der Waals surface area contributed by atoms with Crippen molar-refractivity contribution in [3.05, 3.63) is 0 Å². The van der Waals surface area contributed by atoms with Gasteiger partial charge in [0, 0.05) is 26.4 Å². The molecule has 1 saturated carbocycles. The first kappa shape index (κ1) is 16.9. The van der Waals surface area contributed by atoms with Gasteiger partial charge in [-0.1, -0.05) is 26.2 Å². The molecule has 2 atom stereocenters. The predicted octanol–water partition coefficient (Wildman–Crippen LogP) is 2.37. The molecule has 1 N–H and O–H groups in total. The van der Waals surface area contributed by atoms with Gasteiger partial charge in [0.2, 0.25) is 0 Å². The van der Waals surface area contributed by atoms with Crippen molar-refractivity contribution in [1.29, 1.82) is 0 Å². The molecule has 19 heavy (non-hydrogen) atoms. The van der Waals surface area contributed by atoms with Gasteiger partial charge in [-0.15, -0.1) is 0 Å². The second kappa shape index (κ2) is 11.6. The first-order valence-corrected chi connectivity index (χ1v) is 7.80. The SMILES string of the molecule is CCNC1CCCCCC1OCCOCCCOC. The maximum Gasteiger partial charge on any atom is 0.0729 e. The van der Waals surface area contributed by atoms with E-state index in [0.29, 0.717) is 25.4 Å². The molecule has 0 amide bonds. The fourth-order valence-corrected chi connectivity index (χ4v) is 2.63. The quantitative estimate of drug-likeness (QED) is 0.490. The molecule has 0 aromatic carbocycles. The topological polar surface area (TPSA) is 39.7 Å². The van der Waals surface area contributed by atoms with E-state index in [1.807, 2.05) is 0 Å². The third kappa shape index (κ3) is 7.88. The van der Waals surface area contributed by atoms with Crippen LogP contribution in [-0.2, 0) is 14.2 Å². The zero-order valence-electron chi connectivity index (χ0n) is 12.7. The Morgan fingerprint density at radius 2 is 1.84 bits per heavy atom. The highest BCUT2D eigenvalue weighted by atomic mass is 16.5. The number of hydrogen-bond acceptors (Lipinski definition) is 4. The Bertz CT molecular complexity index is 202. The van der Waals surface area contributed by atoms with E-state index < -0.39 is 0 Å². The summed E-state index contributed by atoms with van der Waals surface area (Å²) in [4.78, 5) is 0. The van der Waals surface area contributed by atoms with Crippen molar-refractivity contribution in [3.8, 4) is 0 Å². The molecule has 0 bridgehead atoms. The highest BCUT2D eigenvalue weighted by Crippen LogP contribution is 2.20. The molecule has 2 unspecified atom stereocenters. The number of hydrogen-bond donors (Lipinski definition) is 1. The first-order valence-electron chi connectivity index (χ1n) is 7.80. The van der Waals surface area contributed by atoms with Gasteiger partial charge in [0.1, 0.15) is 0 Å². The van der Waals surface area contributed by atoms with E-state index in [4.69, 9.17) is 14.2 Å². The van der Waals surface area contributed by atoms with Gasteiger partial charge in [0.25, 0.3) is 0 Å². The highest BCUT2D eigenvalue weighted by molar-refractivity contribution is 4.79. The summed E-state index contributed by atoms with van der Waals surface area (Å²) in [5, 5.41) is 3.56. The third-order valence-corrected chi connectivity index (χ3v) is 3.62. The maximum atomic E-state index is 6.02. The molecule has 0 saturated heterocycles. The summed E-state index contributed by atoms with van der Waals surface area (Å²) in [5.74, 6) is 0. The van der Waals surface area contributed by atoms with E-state index in [2.05, 4.69) is 12.2 Å². The summed E-state index contributed by atoms with van der Waals surface area (Å²) in [6.07, 6.45) is 7.71. The number of rotatable bonds is 10. The summed E-state index contributed by atoms with van der Waals surface area (Å²) in [5.41, 5.74) is 0. The Morgan fingerprint density at radius 1 is 1.00 bits per heavy atom. The largest absolute Gasteiger partial charge is 0.385 e. The lowest BCUT2D eigenvalue weighted by molar-refractivity contribution is -0.0163. The van der Waals surface area contributed by atoms with Crippen LogP contribution in [0.15, 0.2) is 0 Å². The van der Waals surface area contributed by atoms with Crippen LogP contribution >= 0.6 is 0 Å². The lowest BCUT2D eigenvalue weighted by Crippen LogP contribution is -2.41. The predicted molar refractivity (Wildman–Crippen MR) is 77.6 cm³/mol. The van der Waals surface area contributed by atoms with Crippen molar-refractivity contribution < 1.29 is 14.2 Å². The van der Waals surface area contributed by atoms with E-state index in [0.717, 1.165) is 26.2 Å². The molecule has 0 heterocycles. The lowest BCUT2D eigenvalue weighted by Gasteiger charge is -2.26. The van der Waals surface area contributed by atoms with Crippen LogP contribution in [0.25, 0.3) is 0 Å². The fourth-order valence-electron chi connectivity index (χ4n) is 2.63. The number of likely N-dealkylation sites (N-methyl/N-ethyl adjacent to an activating group) is 1. The van der Waals surface area contributed by atoms with Gasteiger partial charge in [0.05, 0.1) is 19.3 Å². The van der Waals surface area contributed by atoms with Gasteiger partial charge in [-0.05, 0) is 25.8 Å². The van der Waals surface area contributed by atoms with Gasteiger partial charge < -0.3 is 19.5 Å². The Hall–Kier alpha value is -0.160. The summed E-state index contributed by atoms with van der Waals surface area (Å²) in [6, 6.07) is 0.529. The Balaban J connectivity index is 2.10. The molecular weight excluding hydrogens is 242 g/mol. The minimum Gasteiger partial charge on any atom is -0.385 e. The number of nitrogens with one attached hydrogen (secondary N) is 1. The van der Waals surface area contributed by atoms with Gasteiger partial charge in [-0.2, -0.15) is 0 Å². The molecule has 4 nitrogen and oxygen atoms in total. The lowest BCUT2D eigenvalue weighted by atomic mass is 10.1. The smallest absolute Gasteiger partial charge is 0.0729 e. The first-order chi connectivity index (χ1) is 9.38. The standard InChI is InChI=1S/C15H31NO3/c1-3-16-14-8-5-4-6-9-15(14)19-13-12-18-11-7-10-17-2/h14-16H,3-13H2,1-2H3. The number of ether oxygens (including phenoxy) is 3. The van der Waals surface area contributed by atoms with Crippen molar-refractivity contribution in [2.45, 2.75) is 57.6 Å². The van der Waals surface area contributed by atoms with Gasteiger partial charge in [-0.25, -0.2) is 0 Å². The molecule has 0 aromatic rings. The molecule has 114 valence electrons. The van der Waals surface area contributed by atoms with Crippen LogP contribution in [-0.4, -0.2) is 52.2 Å². The van der Waals surface area contributed by atoms with Crippen LogP contribution in [0.4, 0.5) is 0 Å². The molecule has 4 heteroatoms. The van der Waals surface area contributed by atoms with Crippen molar-refractivity contribution >= 4 is 0 Å². The molecule has 1 fully saturated rings. The van der Waals surface area contributed by atoms with Crippen LogP contribution in [0.1, 0.15) is 45.4 Å². The molecular formula is C15H31NO3. The minimum absolute atomic E-state index is 0.366. The van der Waals surface area contributed by atoms with Crippen LogP contribution in [0, 0.1) is 0 Å². The summed E-state index contributed by atoms with van der Waals surface area (Å²) in [7, 11) is 1.72. The van der Waals surface area contributed by atoms with Crippen LogP contribution in [0.3, 0.4) is 0 Å². The average Bonchev–Trinajstić information content (AvgIpc) is 2.64. The monoisotopic (exact) mass is 273 g/mol. The summed E-state index contributed by atoms with van der Waals surface area (Å²) in [6.45, 7) is 6.13. The van der Waals surface area contributed by atoms with Crippen molar-refractivity contribution in [2.75, 3.05) is 40.1 Å². The second-order valence-electron chi connectivity index (χ2n) is 5.17. The molecule has 1 aliphatic rings. The van der Waals surface area contributed by atoms with Crippen LogP contribution < -0.4 is 5.32 Å². The Morgan fingerprint density at radius 3 is 2.63 bits per heavy atom. The summed E-state index contributed by atoms with van der Waals surface area (Å²) < 4.78 is 16.5. The molecule has 0 aromatic heterocycles. The third-order valence-electron chi connectivity index (χ3n) is 3.62. The Kier molecular flexibility index (Phi) is 10.4. The number of methoxy groups -OCH3 is 1. The van der Waals surface area contributed by atoms with Gasteiger partial charge >= 0.3 is 0 Å². The molecule has 0 aliphatic heterocycles. The Labute approximate surface area is 118 Å². The molecule has 1 rings (SSSR count). The molecule has 1 aliphatic carbocycles. The normalized spacial score (nSPS) is 24.3. The fraction of sp³-hybridized carbons (Fsp3) is 1.00. The van der Waals surface area contributed by atoms with Crippen molar-refractivity contribution in [1.82, 2.24) is 5.32 Å². The zero-order valence-corrected chi connectivity index (χ0v) is 12.7. The zero-order chi connectivity index (χ0) is 13.8. The van der Waals surface area contributed by atoms with Gasteiger partial charge in [0.15, 0.2) is 0 Å². The van der Waals surface area contributed by atoms with E-state index in [1.54, 1.807) is 7.11 Å². The van der Waals surface area contributed by atoms with Gasteiger partial charge in [-0.3, -0.25) is 0 Å². The average molecular weight is 273 g/mol. The maximum absolute atomic E-state index is 6.02. The summed E-state index contributed by atoms with van der Waals surface area (Å²) >= 11 is 0. The van der Waals surface area contributed by atoms with E-state index in [1.165, 1.54) is 32.1 Å². The van der Waals surface area contributed by atoms with E-state index in [-0.39, 0.29) is 0 Å². The van der Waals surface area contributed by atoms with E-state index in [9.17, 15) is 0 Å². The minimum atomic E-state index is 0.366. The van der Waals surface area contributed by atoms with Crippen LogP contribution in [0.5, 0.6) is 0 Å². The molecule has 0 spiro atoms. The van der Waals surface area contributed by atoms with Crippen molar-refractivity contribution in [3.63, 3.8) is 0 Å². The van der Waals surface area contributed by atoms with E-state index >= 15 is 0 Å². The molecule has 0 radical (unpaired) electrons. The van der Waals surface area contributed by atoms with Crippen LogP contribution in [0.2, 0.25) is 0 Å².